The maximum Gasteiger partial charge on any atom is 0.0965 e. The molecule has 0 radical (unpaired) electrons. The first-order valence-corrected chi connectivity index (χ1v) is 3.28. The van der Waals surface area contributed by atoms with E-state index in [0.717, 1.165) is 19.9 Å². The Morgan fingerprint density at radius 3 is 3.12 bits per heavy atom. The van der Waals surface area contributed by atoms with Gasteiger partial charge in [0.25, 0.3) is 0 Å². The van der Waals surface area contributed by atoms with Crippen molar-refractivity contribution in [1.29, 1.82) is 0 Å². The van der Waals surface area contributed by atoms with E-state index in [4.69, 9.17) is 4.74 Å². The summed E-state index contributed by atoms with van der Waals surface area (Å²) in [5.74, 6) is 0. The Morgan fingerprint density at radius 2 is 2.12 bits per heavy atom. The standard InChI is InChI=1S/C6H13NO/c1-2-4-7-6-8-5-3-1/h7H,1-6H2. The van der Waals surface area contributed by atoms with Crippen LogP contribution in [-0.2, 0) is 4.74 Å². The highest BCUT2D eigenvalue weighted by molar-refractivity contribution is 4.47. The van der Waals surface area contributed by atoms with E-state index >= 15 is 0 Å². The van der Waals surface area contributed by atoms with Crippen molar-refractivity contribution in [2.75, 3.05) is 19.9 Å². The highest BCUT2D eigenvalue weighted by atomic mass is 16.5. The monoisotopic (exact) mass is 115 g/mol. The third-order valence-corrected chi connectivity index (χ3v) is 1.35. The molecule has 0 atom stereocenters. The van der Waals surface area contributed by atoms with Crippen molar-refractivity contribution in [3.8, 4) is 0 Å². The number of nitrogens with one attached hydrogen (secondary N) is 1. The lowest BCUT2D eigenvalue weighted by atomic mass is 10.2. The van der Waals surface area contributed by atoms with Crippen molar-refractivity contribution < 1.29 is 4.74 Å². The Bertz CT molecular complexity index is 32.5. The number of ether oxygens (including phenoxy) is 1. The Morgan fingerprint density at radius 1 is 1.12 bits per heavy atom. The highest BCUT2D eigenvalue weighted by Gasteiger charge is 1.93. The maximum atomic E-state index is 5.16. The molecule has 0 spiro atoms. The topological polar surface area (TPSA) is 21.3 Å². The molecule has 0 unspecified atom stereocenters. The maximum absolute atomic E-state index is 5.16. The molecule has 0 aromatic carbocycles. The Kier molecular flexibility index (Phi) is 2.92. The van der Waals surface area contributed by atoms with Gasteiger partial charge in [0.2, 0.25) is 0 Å². The summed E-state index contributed by atoms with van der Waals surface area (Å²) in [7, 11) is 0. The molecular formula is C6H13NO. The van der Waals surface area contributed by atoms with E-state index in [1.807, 2.05) is 0 Å². The Hall–Kier alpha value is -0.0800. The van der Waals surface area contributed by atoms with E-state index in [-0.39, 0.29) is 0 Å². The average Bonchev–Trinajstić information content (AvgIpc) is 1.62. The summed E-state index contributed by atoms with van der Waals surface area (Å²) < 4.78 is 5.16. The molecule has 0 aliphatic carbocycles. The molecule has 0 aromatic heterocycles. The van der Waals surface area contributed by atoms with Crippen LogP contribution in [-0.4, -0.2) is 19.9 Å². The molecule has 8 heavy (non-hydrogen) atoms. The molecule has 1 fully saturated rings. The first-order valence-electron chi connectivity index (χ1n) is 3.28. The van der Waals surface area contributed by atoms with Crippen LogP contribution in [0.2, 0.25) is 0 Å². The van der Waals surface area contributed by atoms with Crippen molar-refractivity contribution >= 4 is 0 Å². The molecule has 1 aliphatic rings. The van der Waals surface area contributed by atoms with Crippen LogP contribution < -0.4 is 5.32 Å². The van der Waals surface area contributed by atoms with E-state index in [9.17, 15) is 0 Å². The van der Waals surface area contributed by atoms with Crippen LogP contribution in [0.5, 0.6) is 0 Å². The molecule has 1 saturated heterocycles. The Balaban J connectivity index is 2.00. The predicted molar refractivity (Wildman–Crippen MR) is 32.7 cm³/mol. The number of rotatable bonds is 0. The fourth-order valence-corrected chi connectivity index (χ4v) is 0.847. The zero-order chi connectivity index (χ0) is 5.66. The summed E-state index contributed by atoms with van der Waals surface area (Å²) >= 11 is 0. The molecule has 0 bridgehead atoms. The quantitative estimate of drug-likeness (QED) is 0.502. The molecule has 2 nitrogen and oxygen atoms in total. The zero-order valence-corrected chi connectivity index (χ0v) is 5.15. The van der Waals surface area contributed by atoms with Crippen LogP contribution in [0.15, 0.2) is 0 Å². The van der Waals surface area contributed by atoms with Gasteiger partial charge in [-0.2, -0.15) is 0 Å². The van der Waals surface area contributed by atoms with E-state index in [1.165, 1.54) is 19.3 Å². The molecule has 1 heterocycles. The molecule has 0 saturated carbocycles. The van der Waals surface area contributed by atoms with Gasteiger partial charge in [0.15, 0.2) is 0 Å². The summed E-state index contributed by atoms with van der Waals surface area (Å²) in [5.41, 5.74) is 0. The van der Waals surface area contributed by atoms with E-state index < -0.39 is 0 Å². The third kappa shape index (κ3) is 2.28. The van der Waals surface area contributed by atoms with Gasteiger partial charge in [0, 0.05) is 6.61 Å². The molecule has 1 rings (SSSR count). The lowest BCUT2D eigenvalue weighted by Crippen LogP contribution is -2.21. The van der Waals surface area contributed by atoms with Crippen molar-refractivity contribution in [3.05, 3.63) is 0 Å². The van der Waals surface area contributed by atoms with Crippen LogP contribution in [0, 0.1) is 0 Å². The van der Waals surface area contributed by atoms with Gasteiger partial charge in [-0.05, 0) is 25.8 Å². The fourth-order valence-electron chi connectivity index (χ4n) is 0.847. The minimum atomic E-state index is 0.750. The van der Waals surface area contributed by atoms with Gasteiger partial charge >= 0.3 is 0 Å². The van der Waals surface area contributed by atoms with Crippen LogP contribution in [0.4, 0.5) is 0 Å². The van der Waals surface area contributed by atoms with Crippen molar-refractivity contribution in [2.24, 2.45) is 0 Å². The summed E-state index contributed by atoms with van der Waals surface area (Å²) in [6, 6.07) is 0. The second-order valence-electron chi connectivity index (χ2n) is 2.11. The molecular weight excluding hydrogens is 102 g/mol. The van der Waals surface area contributed by atoms with Gasteiger partial charge < -0.3 is 4.74 Å². The fraction of sp³-hybridized carbons (Fsp3) is 1.00. The normalized spacial score (nSPS) is 24.0. The summed E-state index contributed by atoms with van der Waals surface area (Å²) in [4.78, 5) is 0. The van der Waals surface area contributed by atoms with Crippen molar-refractivity contribution in [3.63, 3.8) is 0 Å². The summed E-state index contributed by atoms with van der Waals surface area (Å²) in [6.07, 6.45) is 3.86. The highest BCUT2D eigenvalue weighted by Crippen LogP contribution is 1.96. The average molecular weight is 115 g/mol. The first-order chi connectivity index (χ1) is 4.00. The number of hydrogen-bond acceptors (Lipinski definition) is 2. The first kappa shape index (κ1) is 6.05. The van der Waals surface area contributed by atoms with Gasteiger partial charge in [-0.15, -0.1) is 0 Å². The van der Waals surface area contributed by atoms with Gasteiger partial charge in [-0.3, -0.25) is 5.32 Å². The van der Waals surface area contributed by atoms with E-state index in [2.05, 4.69) is 5.32 Å². The summed E-state index contributed by atoms with van der Waals surface area (Å²) in [5, 5.41) is 3.16. The van der Waals surface area contributed by atoms with Gasteiger partial charge in [-0.25, -0.2) is 0 Å². The van der Waals surface area contributed by atoms with Crippen LogP contribution in [0.25, 0.3) is 0 Å². The van der Waals surface area contributed by atoms with Gasteiger partial charge in [-0.1, -0.05) is 0 Å². The molecule has 2 heteroatoms. The van der Waals surface area contributed by atoms with Crippen molar-refractivity contribution in [1.82, 2.24) is 5.32 Å². The molecule has 48 valence electrons. The Labute approximate surface area is 50.2 Å². The van der Waals surface area contributed by atoms with Gasteiger partial charge in [0.1, 0.15) is 0 Å². The molecule has 1 aliphatic heterocycles. The third-order valence-electron chi connectivity index (χ3n) is 1.35. The minimum Gasteiger partial charge on any atom is -0.366 e. The predicted octanol–water partition coefficient (Wildman–Crippen LogP) is 0.734. The number of hydrogen-bond donors (Lipinski definition) is 1. The zero-order valence-electron chi connectivity index (χ0n) is 5.15. The smallest absolute Gasteiger partial charge is 0.0965 e. The van der Waals surface area contributed by atoms with Crippen molar-refractivity contribution in [2.45, 2.75) is 19.3 Å². The van der Waals surface area contributed by atoms with Gasteiger partial charge in [0.05, 0.1) is 6.73 Å². The van der Waals surface area contributed by atoms with E-state index in [0.29, 0.717) is 0 Å². The SMILES string of the molecule is C1CCNCOCC1. The van der Waals surface area contributed by atoms with Crippen LogP contribution in [0.1, 0.15) is 19.3 Å². The van der Waals surface area contributed by atoms with Crippen LogP contribution >= 0.6 is 0 Å². The summed E-state index contributed by atoms with van der Waals surface area (Å²) in [6.45, 7) is 2.81. The lowest BCUT2D eigenvalue weighted by molar-refractivity contribution is 0.104. The second kappa shape index (κ2) is 3.87. The molecule has 0 aromatic rings. The molecule has 0 amide bonds. The second-order valence-corrected chi connectivity index (χ2v) is 2.11. The van der Waals surface area contributed by atoms with Crippen LogP contribution in [0.3, 0.4) is 0 Å². The minimum absolute atomic E-state index is 0.750. The molecule has 1 N–H and O–H groups in total. The lowest BCUT2D eigenvalue weighted by Gasteiger charge is -2.09. The van der Waals surface area contributed by atoms with E-state index in [1.54, 1.807) is 0 Å². The largest absolute Gasteiger partial charge is 0.366 e.